The Bertz CT molecular complexity index is 450. The molecule has 2 saturated heterocycles. The Balaban J connectivity index is 1.53. The molecule has 4 nitrogen and oxygen atoms in total. The van der Waals surface area contributed by atoms with Gasteiger partial charge in [-0.15, -0.1) is 0 Å². The first-order valence-electron chi connectivity index (χ1n) is 7.69. The number of nitrogens with zero attached hydrogens (tertiary/aromatic N) is 2. The normalized spacial score (nSPS) is 28.9. The van der Waals surface area contributed by atoms with Crippen molar-refractivity contribution >= 4 is 5.91 Å². The van der Waals surface area contributed by atoms with Crippen molar-refractivity contribution in [3.8, 4) is 0 Å². The molecule has 4 heteroatoms. The monoisotopic (exact) mass is 273 g/mol. The molecule has 1 N–H and O–H groups in total. The summed E-state index contributed by atoms with van der Waals surface area (Å²) in [5.74, 6) is 0.262. The van der Waals surface area contributed by atoms with E-state index in [4.69, 9.17) is 0 Å². The Morgan fingerprint density at radius 3 is 2.80 bits per heavy atom. The van der Waals surface area contributed by atoms with E-state index >= 15 is 0 Å². The zero-order chi connectivity index (χ0) is 13.8. The first-order valence-corrected chi connectivity index (χ1v) is 7.69. The maximum atomic E-state index is 12.6. The lowest BCUT2D eigenvalue weighted by Crippen LogP contribution is -2.55. The van der Waals surface area contributed by atoms with Gasteiger partial charge in [-0.2, -0.15) is 0 Å². The van der Waals surface area contributed by atoms with Crippen LogP contribution in [0.25, 0.3) is 0 Å². The number of aromatic nitrogens is 1. The van der Waals surface area contributed by atoms with Gasteiger partial charge in [0.2, 0.25) is 5.91 Å². The van der Waals surface area contributed by atoms with E-state index in [1.165, 1.54) is 13.1 Å². The van der Waals surface area contributed by atoms with Crippen LogP contribution in [0.2, 0.25) is 0 Å². The van der Waals surface area contributed by atoms with E-state index in [2.05, 4.69) is 15.2 Å². The molecule has 2 bridgehead atoms. The third-order valence-corrected chi connectivity index (χ3v) is 4.66. The van der Waals surface area contributed by atoms with Crippen LogP contribution in [0.4, 0.5) is 0 Å². The highest BCUT2D eigenvalue weighted by Crippen LogP contribution is 2.38. The van der Waals surface area contributed by atoms with Gasteiger partial charge in [-0.1, -0.05) is 6.07 Å². The molecule has 2 fully saturated rings. The van der Waals surface area contributed by atoms with Crippen molar-refractivity contribution in [1.82, 2.24) is 15.2 Å². The molecule has 2 aliphatic heterocycles. The highest BCUT2D eigenvalue weighted by molar-refractivity contribution is 5.83. The predicted molar refractivity (Wildman–Crippen MR) is 78.3 cm³/mol. The largest absolute Gasteiger partial charge is 0.355 e. The van der Waals surface area contributed by atoms with Crippen LogP contribution in [0.15, 0.2) is 24.4 Å². The van der Waals surface area contributed by atoms with Crippen molar-refractivity contribution in [3.05, 3.63) is 30.1 Å². The number of fused-ring (bicyclic) bond motifs is 2. The van der Waals surface area contributed by atoms with E-state index < -0.39 is 0 Å². The minimum absolute atomic E-state index is 0.110. The zero-order valence-electron chi connectivity index (χ0n) is 12.0. The molecule has 0 aliphatic carbocycles. The summed E-state index contributed by atoms with van der Waals surface area (Å²) in [7, 11) is 0. The van der Waals surface area contributed by atoms with Crippen molar-refractivity contribution in [1.29, 1.82) is 0 Å². The third-order valence-electron chi connectivity index (χ3n) is 4.66. The molecule has 0 unspecified atom stereocenters. The van der Waals surface area contributed by atoms with Crippen molar-refractivity contribution in [2.24, 2.45) is 5.41 Å². The van der Waals surface area contributed by atoms with Crippen LogP contribution in [0.3, 0.4) is 0 Å². The van der Waals surface area contributed by atoms with E-state index in [0.29, 0.717) is 6.54 Å². The lowest BCUT2D eigenvalue weighted by molar-refractivity contribution is -0.137. The number of hydrogen-bond acceptors (Lipinski definition) is 3. The Kier molecular flexibility index (Phi) is 4.01. The number of nitrogens with one attached hydrogen (secondary N) is 1. The summed E-state index contributed by atoms with van der Waals surface area (Å²) in [6.45, 7) is 3.99. The summed E-state index contributed by atoms with van der Waals surface area (Å²) in [6.07, 6.45) is 7.04. The molecule has 2 aliphatic rings. The minimum Gasteiger partial charge on any atom is -0.355 e. The number of hydrogen-bond donors (Lipinski definition) is 1. The molecule has 0 spiro atoms. The van der Waals surface area contributed by atoms with Crippen molar-refractivity contribution in [3.63, 3.8) is 0 Å². The molecule has 0 saturated carbocycles. The fourth-order valence-corrected chi connectivity index (χ4v) is 3.60. The summed E-state index contributed by atoms with van der Waals surface area (Å²) in [4.78, 5) is 19.3. The molecule has 0 atom stereocenters. The van der Waals surface area contributed by atoms with E-state index in [1.54, 1.807) is 6.20 Å². The van der Waals surface area contributed by atoms with Crippen LogP contribution in [-0.4, -0.2) is 42.0 Å². The van der Waals surface area contributed by atoms with Crippen LogP contribution in [-0.2, 0) is 11.2 Å². The van der Waals surface area contributed by atoms with Crippen LogP contribution < -0.4 is 5.32 Å². The third kappa shape index (κ3) is 2.85. The van der Waals surface area contributed by atoms with Gasteiger partial charge in [-0.3, -0.25) is 9.78 Å². The fourth-order valence-electron chi connectivity index (χ4n) is 3.60. The molecule has 1 amide bonds. The maximum absolute atomic E-state index is 12.6. The molecular formula is C16H23N3O. The van der Waals surface area contributed by atoms with Gasteiger partial charge in [0.1, 0.15) is 0 Å². The van der Waals surface area contributed by atoms with Gasteiger partial charge < -0.3 is 10.2 Å². The standard InChI is InChI=1S/C16H23N3O/c20-15(18-10-6-14-5-1-2-9-17-14)16-7-3-11-19(13-16)12-4-8-16/h1-2,5,9H,3-4,6-8,10-13H2,(H,18,20). The van der Waals surface area contributed by atoms with Gasteiger partial charge >= 0.3 is 0 Å². The zero-order valence-corrected chi connectivity index (χ0v) is 12.0. The first-order chi connectivity index (χ1) is 9.78. The van der Waals surface area contributed by atoms with Gasteiger partial charge in [0.15, 0.2) is 0 Å². The number of amides is 1. The number of piperidine rings is 2. The van der Waals surface area contributed by atoms with Crippen molar-refractivity contribution < 1.29 is 4.79 Å². The van der Waals surface area contributed by atoms with Gasteiger partial charge in [-0.25, -0.2) is 0 Å². The molecular weight excluding hydrogens is 250 g/mol. The molecule has 1 aromatic heterocycles. The van der Waals surface area contributed by atoms with E-state index in [1.807, 2.05) is 18.2 Å². The quantitative estimate of drug-likeness (QED) is 0.906. The molecule has 3 heterocycles. The van der Waals surface area contributed by atoms with Gasteiger partial charge in [0, 0.05) is 31.4 Å². The summed E-state index contributed by atoms with van der Waals surface area (Å²) in [6, 6.07) is 5.91. The molecule has 1 aromatic rings. The Hall–Kier alpha value is -1.42. The second-order valence-corrected chi connectivity index (χ2v) is 6.09. The van der Waals surface area contributed by atoms with E-state index in [-0.39, 0.29) is 11.3 Å². The van der Waals surface area contributed by atoms with Crippen LogP contribution in [0.5, 0.6) is 0 Å². The average Bonchev–Trinajstić information content (AvgIpc) is 2.48. The highest BCUT2D eigenvalue weighted by atomic mass is 16.2. The van der Waals surface area contributed by atoms with E-state index in [9.17, 15) is 4.79 Å². The van der Waals surface area contributed by atoms with Crippen LogP contribution in [0.1, 0.15) is 31.4 Å². The average molecular weight is 273 g/mol. The lowest BCUT2D eigenvalue weighted by Gasteiger charge is -2.45. The number of carbonyl (C=O) groups excluding carboxylic acids is 1. The Morgan fingerprint density at radius 1 is 1.30 bits per heavy atom. The number of rotatable bonds is 4. The summed E-state index contributed by atoms with van der Waals surface area (Å²) < 4.78 is 0. The van der Waals surface area contributed by atoms with Crippen molar-refractivity contribution in [2.45, 2.75) is 32.1 Å². The topological polar surface area (TPSA) is 45.2 Å². The smallest absolute Gasteiger partial charge is 0.227 e. The van der Waals surface area contributed by atoms with Crippen molar-refractivity contribution in [2.75, 3.05) is 26.2 Å². The molecule has 20 heavy (non-hydrogen) atoms. The number of carbonyl (C=O) groups is 1. The lowest BCUT2D eigenvalue weighted by atomic mass is 9.73. The maximum Gasteiger partial charge on any atom is 0.227 e. The van der Waals surface area contributed by atoms with Gasteiger partial charge in [0.25, 0.3) is 0 Å². The second-order valence-electron chi connectivity index (χ2n) is 6.09. The Labute approximate surface area is 120 Å². The minimum atomic E-state index is -0.110. The number of pyridine rings is 1. The summed E-state index contributed by atoms with van der Waals surface area (Å²) in [5.41, 5.74) is 0.930. The van der Waals surface area contributed by atoms with Gasteiger partial charge in [0.05, 0.1) is 5.41 Å². The molecule has 0 radical (unpaired) electrons. The van der Waals surface area contributed by atoms with Gasteiger partial charge in [-0.05, 0) is 50.9 Å². The van der Waals surface area contributed by atoms with E-state index in [0.717, 1.165) is 44.3 Å². The Morgan fingerprint density at radius 2 is 2.10 bits per heavy atom. The fraction of sp³-hybridized carbons (Fsp3) is 0.625. The predicted octanol–water partition coefficient (Wildman–Crippen LogP) is 1.62. The van der Waals surface area contributed by atoms with Crippen LogP contribution in [0, 0.1) is 5.41 Å². The summed E-state index contributed by atoms with van der Waals surface area (Å²) in [5, 5.41) is 3.14. The molecule has 3 rings (SSSR count). The molecule has 0 aromatic carbocycles. The summed E-state index contributed by atoms with van der Waals surface area (Å²) >= 11 is 0. The highest BCUT2D eigenvalue weighted by Gasteiger charge is 2.43. The second kappa shape index (κ2) is 5.92. The first kappa shape index (κ1) is 13.6. The van der Waals surface area contributed by atoms with Crippen LogP contribution >= 0.6 is 0 Å². The molecule has 108 valence electrons. The SMILES string of the molecule is O=C(NCCc1ccccn1)C12CCCN(CCC1)C2.